The molecule has 110 valence electrons. The predicted octanol–water partition coefficient (Wildman–Crippen LogP) is 1.90. The van der Waals surface area contributed by atoms with Crippen LogP contribution >= 0.6 is 11.8 Å². The summed E-state index contributed by atoms with van der Waals surface area (Å²) in [4.78, 5) is 28.5. The van der Waals surface area contributed by atoms with Gasteiger partial charge in [0.1, 0.15) is 5.56 Å². The van der Waals surface area contributed by atoms with E-state index >= 15 is 0 Å². The molecule has 0 saturated carbocycles. The van der Waals surface area contributed by atoms with Crippen molar-refractivity contribution in [2.45, 2.75) is 51.4 Å². The summed E-state index contributed by atoms with van der Waals surface area (Å²) in [7, 11) is 0. The first-order valence-corrected chi connectivity index (χ1v) is 8.01. The minimum atomic E-state index is -0.314. The Labute approximate surface area is 123 Å². The molecule has 1 aromatic heterocycles. The van der Waals surface area contributed by atoms with Gasteiger partial charge in [0.2, 0.25) is 0 Å². The van der Waals surface area contributed by atoms with Crippen LogP contribution in [0.15, 0.2) is 16.1 Å². The van der Waals surface area contributed by atoms with Crippen molar-refractivity contribution in [1.82, 2.24) is 14.9 Å². The molecular weight excluding hydrogens is 274 g/mol. The first kappa shape index (κ1) is 15.1. The van der Waals surface area contributed by atoms with Crippen molar-refractivity contribution < 1.29 is 4.79 Å². The summed E-state index contributed by atoms with van der Waals surface area (Å²) in [5.74, 6) is 1.14. The number of hydrogen-bond acceptors (Lipinski definition) is 4. The van der Waals surface area contributed by atoms with Crippen LogP contribution in [-0.2, 0) is 6.54 Å². The van der Waals surface area contributed by atoms with Crippen molar-refractivity contribution in [3.63, 3.8) is 0 Å². The van der Waals surface area contributed by atoms with Crippen LogP contribution < -0.4 is 10.9 Å². The van der Waals surface area contributed by atoms with Gasteiger partial charge in [-0.2, -0.15) is 0 Å². The molecular formula is C14H21N3O2S. The lowest BCUT2D eigenvalue weighted by molar-refractivity contribution is 0.0934. The number of amides is 1. The van der Waals surface area contributed by atoms with Gasteiger partial charge in [0.25, 0.3) is 11.5 Å². The highest BCUT2D eigenvalue weighted by Crippen LogP contribution is 2.20. The molecule has 6 heteroatoms. The second-order valence-electron chi connectivity index (χ2n) is 5.61. The van der Waals surface area contributed by atoms with Gasteiger partial charge in [-0.3, -0.25) is 14.2 Å². The molecule has 0 aromatic carbocycles. The van der Waals surface area contributed by atoms with Crippen molar-refractivity contribution in [3.05, 3.63) is 22.1 Å². The highest BCUT2D eigenvalue weighted by molar-refractivity contribution is 7.99. The van der Waals surface area contributed by atoms with Crippen LogP contribution in [-0.4, -0.2) is 27.3 Å². The Morgan fingerprint density at radius 3 is 2.90 bits per heavy atom. The molecule has 2 heterocycles. The Kier molecular flexibility index (Phi) is 4.86. The zero-order valence-electron chi connectivity index (χ0n) is 12.2. The van der Waals surface area contributed by atoms with Crippen LogP contribution in [0.25, 0.3) is 0 Å². The van der Waals surface area contributed by atoms with Crippen LogP contribution in [0.3, 0.4) is 0 Å². The third kappa shape index (κ3) is 3.42. The summed E-state index contributed by atoms with van der Waals surface area (Å²) < 4.78 is 1.58. The van der Waals surface area contributed by atoms with Crippen LogP contribution in [0.1, 0.15) is 44.0 Å². The van der Waals surface area contributed by atoms with E-state index in [0.717, 1.165) is 18.6 Å². The number of aromatic nitrogens is 2. The second-order valence-corrected chi connectivity index (χ2v) is 6.67. The van der Waals surface area contributed by atoms with Gasteiger partial charge in [0.05, 0.1) is 0 Å². The van der Waals surface area contributed by atoms with E-state index < -0.39 is 0 Å². The van der Waals surface area contributed by atoms with E-state index in [0.29, 0.717) is 17.6 Å². The summed E-state index contributed by atoms with van der Waals surface area (Å²) in [6.45, 7) is 6.91. The highest BCUT2D eigenvalue weighted by atomic mass is 32.2. The molecule has 1 aliphatic heterocycles. The molecule has 0 radical (unpaired) electrons. The normalized spacial score (nSPS) is 15.2. The molecule has 0 aliphatic carbocycles. The Balaban J connectivity index is 2.05. The molecule has 0 fully saturated rings. The molecule has 5 nitrogen and oxygen atoms in total. The fourth-order valence-electron chi connectivity index (χ4n) is 2.13. The van der Waals surface area contributed by atoms with E-state index in [1.165, 1.54) is 6.20 Å². The number of hydrogen-bond donors (Lipinski definition) is 1. The lowest BCUT2D eigenvalue weighted by Crippen LogP contribution is -2.38. The lowest BCUT2D eigenvalue weighted by atomic mass is 10.0. The van der Waals surface area contributed by atoms with Crippen molar-refractivity contribution in [3.8, 4) is 0 Å². The van der Waals surface area contributed by atoms with Crippen molar-refractivity contribution in [2.75, 3.05) is 5.75 Å². The van der Waals surface area contributed by atoms with E-state index in [4.69, 9.17) is 0 Å². The average Bonchev–Trinajstić information content (AvgIpc) is 2.85. The van der Waals surface area contributed by atoms with E-state index in [9.17, 15) is 9.59 Å². The quantitative estimate of drug-likeness (QED) is 0.843. The zero-order chi connectivity index (χ0) is 14.7. The summed E-state index contributed by atoms with van der Waals surface area (Å²) >= 11 is 1.55. The molecule has 20 heavy (non-hydrogen) atoms. The second kappa shape index (κ2) is 6.43. The topological polar surface area (TPSA) is 64.0 Å². The van der Waals surface area contributed by atoms with Crippen molar-refractivity contribution >= 4 is 17.7 Å². The summed E-state index contributed by atoms with van der Waals surface area (Å²) in [5, 5.41) is 3.59. The Hall–Kier alpha value is -1.30. The van der Waals surface area contributed by atoms with E-state index in [-0.39, 0.29) is 23.1 Å². The predicted molar refractivity (Wildman–Crippen MR) is 80.2 cm³/mol. The highest BCUT2D eigenvalue weighted by Gasteiger charge is 2.20. The Morgan fingerprint density at radius 2 is 2.20 bits per heavy atom. The number of carbonyl (C=O) groups is 1. The minimum Gasteiger partial charge on any atom is -0.349 e. The van der Waals surface area contributed by atoms with Gasteiger partial charge in [-0.25, -0.2) is 4.98 Å². The van der Waals surface area contributed by atoms with Crippen molar-refractivity contribution in [1.29, 1.82) is 0 Å². The third-order valence-corrected chi connectivity index (χ3v) is 4.33. The van der Waals surface area contributed by atoms with E-state index in [2.05, 4.69) is 24.1 Å². The molecule has 1 aromatic rings. The molecule has 0 unspecified atom stereocenters. The fraction of sp³-hybridized carbons (Fsp3) is 0.643. The number of fused-ring (bicyclic) bond motifs is 1. The zero-order valence-corrected chi connectivity index (χ0v) is 13.0. The standard InChI is InChI=1S/C14H21N3O2S/c1-9(2)4-5-10(3)16-12(18)11-8-15-14-17(13(11)19)6-7-20-14/h8-10H,4-7H2,1-3H3,(H,16,18)/t10-/m1/s1. The van der Waals surface area contributed by atoms with Gasteiger partial charge in [0, 0.05) is 24.5 Å². The number of carbonyl (C=O) groups excluding carboxylic acids is 1. The van der Waals surface area contributed by atoms with Crippen LogP contribution in [0.5, 0.6) is 0 Å². The molecule has 1 atom stereocenters. The van der Waals surface area contributed by atoms with Gasteiger partial charge < -0.3 is 5.32 Å². The number of nitrogens with one attached hydrogen (secondary N) is 1. The number of rotatable bonds is 5. The first-order chi connectivity index (χ1) is 9.49. The fourth-order valence-corrected chi connectivity index (χ4v) is 3.04. The Bertz CT molecular complexity index is 554. The first-order valence-electron chi connectivity index (χ1n) is 7.02. The van der Waals surface area contributed by atoms with Crippen LogP contribution in [0.4, 0.5) is 0 Å². The maximum absolute atomic E-state index is 12.2. The molecule has 1 aliphatic rings. The number of nitrogens with zero attached hydrogens (tertiary/aromatic N) is 2. The largest absolute Gasteiger partial charge is 0.349 e. The minimum absolute atomic E-state index is 0.0666. The maximum Gasteiger partial charge on any atom is 0.267 e. The van der Waals surface area contributed by atoms with Gasteiger partial charge in [-0.15, -0.1) is 0 Å². The average molecular weight is 295 g/mol. The third-order valence-electron chi connectivity index (χ3n) is 3.36. The van der Waals surface area contributed by atoms with Gasteiger partial charge >= 0.3 is 0 Å². The summed E-state index contributed by atoms with van der Waals surface area (Å²) in [6.07, 6.45) is 3.37. The maximum atomic E-state index is 12.2. The van der Waals surface area contributed by atoms with Crippen molar-refractivity contribution in [2.24, 2.45) is 5.92 Å². The SMILES string of the molecule is CC(C)CC[C@@H](C)NC(=O)c1cnc2n(c1=O)CCS2. The van der Waals surface area contributed by atoms with Gasteiger partial charge in [-0.05, 0) is 25.7 Å². The van der Waals surface area contributed by atoms with E-state index in [1.807, 2.05) is 6.92 Å². The number of thioether (sulfide) groups is 1. The van der Waals surface area contributed by atoms with Crippen LogP contribution in [0, 0.1) is 5.92 Å². The molecule has 0 saturated heterocycles. The molecule has 2 rings (SSSR count). The summed E-state index contributed by atoms with van der Waals surface area (Å²) in [6, 6.07) is 0.0666. The molecule has 1 amide bonds. The van der Waals surface area contributed by atoms with E-state index in [1.54, 1.807) is 16.3 Å². The van der Waals surface area contributed by atoms with Gasteiger partial charge in [-0.1, -0.05) is 25.6 Å². The monoisotopic (exact) mass is 295 g/mol. The Morgan fingerprint density at radius 1 is 1.45 bits per heavy atom. The van der Waals surface area contributed by atoms with Gasteiger partial charge in [0.15, 0.2) is 5.16 Å². The molecule has 0 spiro atoms. The molecule has 0 bridgehead atoms. The lowest BCUT2D eigenvalue weighted by Gasteiger charge is -2.15. The summed E-state index contributed by atoms with van der Waals surface area (Å²) in [5.41, 5.74) is -0.0822. The van der Waals surface area contributed by atoms with Crippen LogP contribution in [0.2, 0.25) is 0 Å². The smallest absolute Gasteiger partial charge is 0.267 e. The molecule has 1 N–H and O–H groups in total.